The van der Waals surface area contributed by atoms with Crippen molar-refractivity contribution in [3.05, 3.63) is 56.3 Å². The summed E-state index contributed by atoms with van der Waals surface area (Å²) in [5.41, 5.74) is -0.0821. The fraction of sp³-hybridized carbons (Fsp3) is 0.312. The average molecular weight is 397 g/mol. The number of nitro benzene ring substituents is 1. The van der Waals surface area contributed by atoms with Crippen molar-refractivity contribution in [2.24, 2.45) is 0 Å². The Labute approximate surface area is 158 Å². The minimum Gasteiger partial charge on any atom is -0.458 e. The maximum absolute atomic E-state index is 12.8. The highest BCUT2D eigenvalue weighted by atomic mass is 35.5. The molecule has 0 saturated carbocycles. The number of carbonyl (C=O) groups excluding carboxylic acids is 1. The van der Waals surface area contributed by atoms with Gasteiger partial charge >= 0.3 is 6.01 Å². The van der Waals surface area contributed by atoms with E-state index < -0.39 is 4.92 Å². The highest BCUT2D eigenvalue weighted by Gasteiger charge is 2.28. The van der Waals surface area contributed by atoms with Crippen LogP contribution in [0.1, 0.15) is 23.2 Å². The van der Waals surface area contributed by atoms with Crippen molar-refractivity contribution >= 4 is 34.8 Å². The van der Waals surface area contributed by atoms with Gasteiger partial charge in [0.2, 0.25) is 0 Å². The Balaban J connectivity index is 1.73. The molecule has 2 heterocycles. The van der Waals surface area contributed by atoms with Gasteiger partial charge in [-0.25, -0.2) is 9.97 Å². The minimum atomic E-state index is -0.562. The fourth-order valence-electron chi connectivity index (χ4n) is 2.69. The minimum absolute atomic E-state index is 0.101. The predicted octanol–water partition coefficient (Wildman–Crippen LogP) is 3.38. The molecular formula is C16H14Cl2N4O4. The lowest BCUT2D eigenvalue weighted by Crippen LogP contribution is -2.44. The first kappa shape index (κ1) is 18.3. The largest absolute Gasteiger partial charge is 0.458 e. The number of nitrogens with zero attached hydrogens (tertiary/aromatic N) is 4. The molecule has 0 spiro atoms. The number of rotatable bonds is 4. The third-order valence-electron chi connectivity index (χ3n) is 3.93. The molecule has 0 radical (unpaired) electrons. The molecule has 1 amide bonds. The molecule has 1 aliphatic rings. The van der Waals surface area contributed by atoms with Gasteiger partial charge in [-0.15, -0.1) is 0 Å². The van der Waals surface area contributed by atoms with Gasteiger partial charge in [0.25, 0.3) is 11.6 Å². The number of ether oxygens (including phenoxy) is 1. The third kappa shape index (κ3) is 4.20. The molecule has 1 fully saturated rings. The topological polar surface area (TPSA) is 98.5 Å². The van der Waals surface area contributed by atoms with Gasteiger partial charge in [-0.2, -0.15) is 0 Å². The zero-order valence-corrected chi connectivity index (χ0v) is 15.0. The second-order valence-corrected chi connectivity index (χ2v) is 6.58. The maximum Gasteiger partial charge on any atom is 0.316 e. The molecule has 1 aromatic heterocycles. The van der Waals surface area contributed by atoms with E-state index >= 15 is 0 Å². The molecule has 10 heteroatoms. The third-order valence-corrected chi connectivity index (χ3v) is 4.45. The van der Waals surface area contributed by atoms with Gasteiger partial charge in [0.1, 0.15) is 6.10 Å². The number of non-ortho nitro benzene ring substituents is 1. The monoisotopic (exact) mass is 396 g/mol. The summed E-state index contributed by atoms with van der Waals surface area (Å²) in [7, 11) is 0. The van der Waals surface area contributed by atoms with Gasteiger partial charge in [-0.05, 0) is 18.9 Å². The molecule has 1 atom stereocenters. The van der Waals surface area contributed by atoms with Crippen LogP contribution in [0.2, 0.25) is 10.0 Å². The summed E-state index contributed by atoms with van der Waals surface area (Å²) in [6.07, 6.45) is 4.03. The van der Waals surface area contributed by atoms with E-state index in [1.807, 2.05) is 0 Å². The summed E-state index contributed by atoms with van der Waals surface area (Å²) in [5, 5.41) is 11.5. The Bertz CT molecular complexity index is 831. The quantitative estimate of drug-likeness (QED) is 0.580. The van der Waals surface area contributed by atoms with E-state index in [-0.39, 0.29) is 34.3 Å². The second-order valence-electron chi connectivity index (χ2n) is 5.74. The lowest BCUT2D eigenvalue weighted by atomic mass is 10.1. The molecule has 1 saturated heterocycles. The van der Waals surface area contributed by atoms with E-state index in [1.165, 1.54) is 30.6 Å². The van der Waals surface area contributed by atoms with Crippen molar-refractivity contribution < 1.29 is 14.5 Å². The zero-order valence-electron chi connectivity index (χ0n) is 13.5. The highest BCUT2D eigenvalue weighted by molar-refractivity contribution is 6.34. The van der Waals surface area contributed by atoms with Crippen LogP contribution in [-0.4, -0.2) is 44.9 Å². The lowest BCUT2D eigenvalue weighted by Gasteiger charge is -2.32. The predicted molar refractivity (Wildman–Crippen MR) is 94.7 cm³/mol. The number of halogens is 2. The van der Waals surface area contributed by atoms with Crippen molar-refractivity contribution in [1.82, 2.24) is 14.9 Å². The molecule has 0 bridgehead atoms. The van der Waals surface area contributed by atoms with Crippen molar-refractivity contribution in [2.75, 3.05) is 13.1 Å². The lowest BCUT2D eigenvalue weighted by molar-refractivity contribution is -0.384. The van der Waals surface area contributed by atoms with E-state index in [2.05, 4.69) is 9.97 Å². The number of aromatic nitrogens is 2. The van der Waals surface area contributed by atoms with Gasteiger partial charge in [0.15, 0.2) is 0 Å². The van der Waals surface area contributed by atoms with E-state index in [0.717, 1.165) is 12.8 Å². The molecular weight excluding hydrogens is 383 g/mol. The highest BCUT2D eigenvalue weighted by Crippen LogP contribution is 2.25. The van der Waals surface area contributed by atoms with Gasteiger partial charge in [-0.1, -0.05) is 23.2 Å². The van der Waals surface area contributed by atoms with Gasteiger partial charge in [0, 0.05) is 18.7 Å². The summed E-state index contributed by atoms with van der Waals surface area (Å²) >= 11 is 11.8. The Hall–Kier alpha value is -2.45. The smallest absolute Gasteiger partial charge is 0.316 e. The first-order chi connectivity index (χ1) is 12.4. The summed E-state index contributed by atoms with van der Waals surface area (Å²) in [6.45, 7) is 0.822. The standard InChI is InChI=1S/C16H14Cl2N4O4/c17-10-7-19-16(20-8-10)26-12-2-1-5-21(9-12)15(23)13-6-11(22(24)25)3-4-14(13)18/h3-4,6-8,12H,1-2,5,9H2. The van der Waals surface area contributed by atoms with Crippen LogP contribution in [-0.2, 0) is 0 Å². The van der Waals surface area contributed by atoms with Crippen LogP contribution in [0.3, 0.4) is 0 Å². The molecule has 136 valence electrons. The molecule has 2 aromatic rings. The summed E-state index contributed by atoms with van der Waals surface area (Å²) < 4.78 is 5.70. The number of hydrogen-bond donors (Lipinski definition) is 0. The molecule has 1 unspecified atom stereocenters. The number of piperidine rings is 1. The molecule has 3 rings (SSSR count). The molecule has 1 aromatic carbocycles. The van der Waals surface area contributed by atoms with Gasteiger partial charge in [0.05, 0.1) is 39.5 Å². The van der Waals surface area contributed by atoms with Gasteiger partial charge < -0.3 is 9.64 Å². The van der Waals surface area contributed by atoms with Crippen LogP contribution >= 0.6 is 23.2 Å². The molecule has 26 heavy (non-hydrogen) atoms. The van der Waals surface area contributed by atoms with Crippen molar-refractivity contribution in [1.29, 1.82) is 0 Å². The van der Waals surface area contributed by atoms with E-state index in [4.69, 9.17) is 27.9 Å². The summed E-state index contributed by atoms with van der Waals surface area (Å²) in [5.74, 6) is -0.371. The van der Waals surface area contributed by atoms with Crippen molar-refractivity contribution in [3.63, 3.8) is 0 Å². The maximum atomic E-state index is 12.8. The molecule has 1 aliphatic heterocycles. The summed E-state index contributed by atoms with van der Waals surface area (Å²) in [6, 6.07) is 3.99. The van der Waals surface area contributed by atoms with Crippen LogP contribution in [0.25, 0.3) is 0 Å². The Kier molecular flexibility index (Phi) is 5.53. The number of carbonyl (C=O) groups is 1. The van der Waals surface area contributed by atoms with Gasteiger partial charge in [-0.3, -0.25) is 14.9 Å². The van der Waals surface area contributed by atoms with Crippen LogP contribution in [0.4, 0.5) is 5.69 Å². The number of benzene rings is 1. The van der Waals surface area contributed by atoms with Crippen molar-refractivity contribution in [2.45, 2.75) is 18.9 Å². The van der Waals surface area contributed by atoms with E-state index in [0.29, 0.717) is 18.1 Å². The zero-order chi connectivity index (χ0) is 18.7. The fourth-order valence-corrected chi connectivity index (χ4v) is 2.99. The van der Waals surface area contributed by atoms with E-state index in [9.17, 15) is 14.9 Å². The van der Waals surface area contributed by atoms with Crippen LogP contribution in [0.5, 0.6) is 6.01 Å². The van der Waals surface area contributed by atoms with Crippen LogP contribution < -0.4 is 4.74 Å². The van der Waals surface area contributed by atoms with Crippen molar-refractivity contribution in [3.8, 4) is 6.01 Å². The molecule has 0 N–H and O–H groups in total. The molecule has 8 nitrogen and oxygen atoms in total. The Morgan fingerprint density at radius 2 is 2.04 bits per heavy atom. The van der Waals surface area contributed by atoms with Crippen LogP contribution in [0, 0.1) is 10.1 Å². The number of amides is 1. The van der Waals surface area contributed by atoms with Crippen LogP contribution in [0.15, 0.2) is 30.6 Å². The average Bonchev–Trinajstić information content (AvgIpc) is 2.63. The number of nitro groups is 1. The summed E-state index contributed by atoms with van der Waals surface area (Å²) in [4.78, 5) is 32.7. The van der Waals surface area contributed by atoms with E-state index in [1.54, 1.807) is 4.90 Å². The number of hydrogen-bond acceptors (Lipinski definition) is 6. The SMILES string of the molecule is O=C(c1cc([N+](=O)[O-])ccc1Cl)N1CCCC(Oc2ncc(Cl)cn2)C1. The second kappa shape index (κ2) is 7.84. The first-order valence-corrected chi connectivity index (χ1v) is 8.57. The molecule has 0 aliphatic carbocycles. The Morgan fingerprint density at radius 3 is 2.73 bits per heavy atom. The number of likely N-dealkylation sites (tertiary alicyclic amines) is 1. The first-order valence-electron chi connectivity index (χ1n) is 7.81. The normalized spacial score (nSPS) is 17.0. The Morgan fingerprint density at radius 1 is 1.31 bits per heavy atom.